The summed E-state index contributed by atoms with van der Waals surface area (Å²) in [7, 11) is 0. The number of nitro groups is 1. The Balaban J connectivity index is 2.32. The molecule has 18 heavy (non-hydrogen) atoms. The minimum absolute atomic E-state index is 0.0430. The summed E-state index contributed by atoms with van der Waals surface area (Å²) in [6, 6.07) is 11.5. The number of hydrogen-bond acceptors (Lipinski definition) is 3. The lowest BCUT2D eigenvalue weighted by atomic mass is 10.2. The minimum Gasteiger partial charge on any atom is -0.457 e. The predicted molar refractivity (Wildman–Crippen MR) is 69.4 cm³/mol. The quantitative estimate of drug-likeness (QED) is 0.611. The van der Waals surface area contributed by atoms with Gasteiger partial charge in [0.05, 0.1) is 10.5 Å². The van der Waals surface area contributed by atoms with E-state index in [0.29, 0.717) is 22.1 Å². The van der Waals surface area contributed by atoms with Gasteiger partial charge in [-0.2, -0.15) is 0 Å². The van der Waals surface area contributed by atoms with E-state index in [2.05, 4.69) is 0 Å². The Labute approximate surface area is 109 Å². The molecule has 4 nitrogen and oxygen atoms in total. The van der Waals surface area contributed by atoms with E-state index < -0.39 is 4.92 Å². The number of nitrogens with zero attached hydrogens (tertiary/aromatic N) is 1. The summed E-state index contributed by atoms with van der Waals surface area (Å²) >= 11 is 5.77. The molecule has 0 unspecified atom stereocenters. The van der Waals surface area contributed by atoms with Gasteiger partial charge in [0, 0.05) is 11.1 Å². The van der Waals surface area contributed by atoms with Gasteiger partial charge in [-0.05, 0) is 37.3 Å². The van der Waals surface area contributed by atoms with Crippen molar-refractivity contribution in [1.29, 1.82) is 0 Å². The molecule has 0 saturated carbocycles. The van der Waals surface area contributed by atoms with Crippen LogP contribution in [0.1, 0.15) is 5.56 Å². The summed E-state index contributed by atoms with van der Waals surface area (Å²) in [6.07, 6.45) is 0. The fraction of sp³-hybridized carbons (Fsp3) is 0.0769. The van der Waals surface area contributed by atoms with Crippen LogP contribution in [0.25, 0.3) is 0 Å². The number of nitro benzene ring substituents is 1. The maximum Gasteiger partial charge on any atom is 0.276 e. The zero-order valence-corrected chi connectivity index (χ0v) is 10.3. The Morgan fingerprint density at radius 1 is 1.17 bits per heavy atom. The van der Waals surface area contributed by atoms with Gasteiger partial charge in [0.15, 0.2) is 0 Å². The number of rotatable bonds is 3. The van der Waals surface area contributed by atoms with Gasteiger partial charge in [0.1, 0.15) is 11.5 Å². The van der Waals surface area contributed by atoms with Crippen LogP contribution < -0.4 is 4.74 Å². The van der Waals surface area contributed by atoms with Crippen LogP contribution in [0.4, 0.5) is 5.69 Å². The average Bonchev–Trinajstić information content (AvgIpc) is 2.34. The highest BCUT2D eigenvalue weighted by Gasteiger charge is 2.14. The Hall–Kier alpha value is -2.07. The molecular weight excluding hydrogens is 254 g/mol. The lowest BCUT2D eigenvalue weighted by Crippen LogP contribution is -1.94. The zero-order valence-electron chi connectivity index (χ0n) is 9.59. The molecule has 0 atom stereocenters. The van der Waals surface area contributed by atoms with Crippen LogP contribution in [0.3, 0.4) is 0 Å². The topological polar surface area (TPSA) is 52.4 Å². The lowest BCUT2D eigenvalue weighted by Gasteiger charge is -2.08. The predicted octanol–water partition coefficient (Wildman–Crippen LogP) is 4.35. The Morgan fingerprint density at radius 3 is 2.44 bits per heavy atom. The summed E-state index contributed by atoms with van der Waals surface area (Å²) in [5.41, 5.74) is 0.541. The van der Waals surface area contributed by atoms with Crippen molar-refractivity contribution in [2.45, 2.75) is 6.92 Å². The molecule has 0 bridgehead atoms. The maximum absolute atomic E-state index is 10.8. The van der Waals surface area contributed by atoms with Gasteiger partial charge in [0.2, 0.25) is 0 Å². The third kappa shape index (κ3) is 2.60. The summed E-state index contributed by atoms with van der Waals surface area (Å²) in [5, 5.41) is 11.4. The first kappa shape index (κ1) is 12.4. The number of hydrogen-bond donors (Lipinski definition) is 0. The van der Waals surface area contributed by atoms with Crippen molar-refractivity contribution in [3.05, 3.63) is 63.2 Å². The molecule has 0 radical (unpaired) electrons. The second-order valence-corrected chi connectivity index (χ2v) is 4.15. The summed E-state index contributed by atoms with van der Waals surface area (Å²) in [6.45, 7) is 1.66. The molecule has 0 spiro atoms. The van der Waals surface area contributed by atoms with E-state index in [9.17, 15) is 10.1 Å². The van der Waals surface area contributed by atoms with Gasteiger partial charge in [-0.3, -0.25) is 10.1 Å². The molecule has 2 aromatic rings. The first-order chi connectivity index (χ1) is 8.58. The number of ether oxygens (including phenoxy) is 1. The second-order valence-electron chi connectivity index (χ2n) is 3.71. The van der Waals surface area contributed by atoms with Crippen molar-refractivity contribution in [2.24, 2.45) is 0 Å². The van der Waals surface area contributed by atoms with E-state index >= 15 is 0 Å². The summed E-state index contributed by atoms with van der Waals surface area (Å²) < 4.78 is 5.59. The molecule has 0 aliphatic carbocycles. The third-order valence-corrected chi connectivity index (χ3v) is 2.75. The second kappa shape index (κ2) is 5.06. The van der Waals surface area contributed by atoms with Crippen LogP contribution in [-0.2, 0) is 0 Å². The normalized spacial score (nSPS) is 10.1. The highest BCUT2D eigenvalue weighted by atomic mass is 35.5. The van der Waals surface area contributed by atoms with Crippen LogP contribution in [0, 0.1) is 17.0 Å². The van der Waals surface area contributed by atoms with Crippen molar-refractivity contribution in [3.8, 4) is 11.5 Å². The largest absolute Gasteiger partial charge is 0.457 e. The summed E-state index contributed by atoms with van der Waals surface area (Å²) in [4.78, 5) is 10.4. The zero-order chi connectivity index (χ0) is 13.1. The maximum atomic E-state index is 10.8. The van der Waals surface area contributed by atoms with Crippen LogP contribution in [-0.4, -0.2) is 4.92 Å². The Kier molecular flexibility index (Phi) is 3.48. The van der Waals surface area contributed by atoms with Crippen LogP contribution >= 0.6 is 11.6 Å². The molecule has 2 rings (SSSR count). The van der Waals surface area contributed by atoms with Gasteiger partial charge in [-0.15, -0.1) is 0 Å². The van der Waals surface area contributed by atoms with E-state index in [1.807, 2.05) is 0 Å². The number of benzene rings is 2. The molecule has 0 heterocycles. The van der Waals surface area contributed by atoms with Crippen LogP contribution in [0.5, 0.6) is 11.5 Å². The smallest absolute Gasteiger partial charge is 0.276 e. The minimum atomic E-state index is -0.427. The molecule has 92 valence electrons. The van der Waals surface area contributed by atoms with Gasteiger partial charge in [-0.1, -0.05) is 17.7 Å². The van der Waals surface area contributed by atoms with E-state index in [-0.39, 0.29) is 5.69 Å². The van der Waals surface area contributed by atoms with Crippen molar-refractivity contribution in [2.75, 3.05) is 0 Å². The molecule has 0 amide bonds. The third-order valence-electron chi connectivity index (χ3n) is 2.49. The average molecular weight is 264 g/mol. The van der Waals surface area contributed by atoms with Crippen LogP contribution in [0.2, 0.25) is 5.02 Å². The van der Waals surface area contributed by atoms with E-state index in [4.69, 9.17) is 16.3 Å². The molecule has 0 aliphatic rings. The first-order valence-electron chi connectivity index (χ1n) is 5.25. The molecule has 5 heteroatoms. The highest BCUT2D eigenvalue weighted by Crippen LogP contribution is 2.31. The van der Waals surface area contributed by atoms with E-state index in [0.717, 1.165) is 0 Å². The van der Waals surface area contributed by atoms with Gasteiger partial charge in [-0.25, -0.2) is 0 Å². The Bertz CT molecular complexity index is 581. The van der Waals surface area contributed by atoms with Crippen molar-refractivity contribution >= 4 is 17.3 Å². The molecule has 0 N–H and O–H groups in total. The SMILES string of the molecule is Cc1c(Oc2ccc(Cl)cc2)cccc1[N+](=O)[O-]. The molecular formula is C13H10ClNO3. The monoisotopic (exact) mass is 263 g/mol. The standard InChI is InChI=1S/C13H10ClNO3/c1-9-12(15(16)17)3-2-4-13(9)18-11-7-5-10(14)6-8-11/h2-8H,1H3. The fourth-order valence-corrected chi connectivity index (χ4v) is 1.67. The van der Waals surface area contributed by atoms with Crippen molar-refractivity contribution in [1.82, 2.24) is 0 Å². The van der Waals surface area contributed by atoms with Gasteiger partial charge in [0.25, 0.3) is 5.69 Å². The Morgan fingerprint density at radius 2 is 1.83 bits per heavy atom. The van der Waals surface area contributed by atoms with Gasteiger partial charge >= 0.3 is 0 Å². The molecule has 0 saturated heterocycles. The first-order valence-corrected chi connectivity index (χ1v) is 5.63. The van der Waals surface area contributed by atoms with Crippen LogP contribution in [0.15, 0.2) is 42.5 Å². The lowest BCUT2D eigenvalue weighted by molar-refractivity contribution is -0.385. The van der Waals surface area contributed by atoms with Crippen molar-refractivity contribution in [3.63, 3.8) is 0 Å². The highest BCUT2D eigenvalue weighted by molar-refractivity contribution is 6.30. The molecule has 0 aromatic heterocycles. The van der Waals surface area contributed by atoms with Crippen molar-refractivity contribution < 1.29 is 9.66 Å². The van der Waals surface area contributed by atoms with Gasteiger partial charge < -0.3 is 4.74 Å². The molecule has 0 fully saturated rings. The van der Waals surface area contributed by atoms with E-state index in [1.165, 1.54) is 6.07 Å². The summed E-state index contributed by atoms with van der Waals surface area (Å²) in [5.74, 6) is 1.05. The molecule has 2 aromatic carbocycles. The molecule has 0 aliphatic heterocycles. The fourth-order valence-electron chi connectivity index (χ4n) is 1.54. The number of halogens is 1. The van der Waals surface area contributed by atoms with E-state index in [1.54, 1.807) is 43.3 Å².